The Morgan fingerprint density at radius 3 is 2.93 bits per heavy atom. The molecule has 0 saturated heterocycles. The summed E-state index contributed by atoms with van der Waals surface area (Å²) in [6, 6.07) is 4.23. The number of rotatable bonds is 3. The molecule has 0 aliphatic carbocycles. The van der Waals surface area contributed by atoms with Crippen LogP contribution in [0, 0.1) is 5.92 Å². The van der Waals surface area contributed by atoms with Crippen LogP contribution in [0.1, 0.15) is 25.8 Å². The molecule has 2 nitrogen and oxygen atoms in total. The average Bonchev–Trinajstić information content (AvgIpc) is 2.57. The molecule has 0 amide bonds. The quantitative estimate of drug-likeness (QED) is 0.829. The van der Waals surface area contributed by atoms with E-state index >= 15 is 0 Å². The maximum Gasteiger partial charge on any atom is 0.137 e. The highest BCUT2D eigenvalue weighted by molar-refractivity contribution is 9.10. The summed E-state index contributed by atoms with van der Waals surface area (Å²) in [6.07, 6.45) is 6.37. The SMILES string of the molecule is CC(C)CCc1ccc2ncc(Br)n2c1. The minimum atomic E-state index is 0.756. The van der Waals surface area contributed by atoms with E-state index in [0.29, 0.717) is 0 Å². The van der Waals surface area contributed by atoms with Crippen LogP contribution in [0.4, 0.5) is 0 Å². The molecular weight excluding hydrogens is 252 g/mol. The highest BCUT2D eigenvalue weighted by Gasteiger charge is 2.02. The van der Waals surface area contributed by atoms with Gasteiger partial charge in [-0.05, 0) is 46.3 Å². The van der Waals surface area contributed by atoms with Gasteiger partial charge in [0, 0.05) is 6.20 Å². The highest BCUT2D eigenvalue weighted by atomic mass is 79.9. The summed E-state index contributed by atoms with van der Waals surface area (Å²) in [6.45, 7) is 4.51. The number of halogens is 1. The predicted molar refractivity (Wildman–Crippen MR) is 66.1 cm³/mol. The number of hydrogen-bond acceptors (Lipinski definition) is 1. The normalized spacial score (nSPS) is 11.5. The minimum absolute atomic E-state index is 0.756. The molecule has 15 heavy (non-hydrogen) atoms. The summed E-state index contributed by atoms with van der Waals surface area (Å²) in [4.78, 5) is 4.27. The zero-order valence-electron chi connectivity index (χ0n) is 9.07. The number of nitrogens with zero attached hydrogens (tertiary/aromatic N) is 2. The van der Waals surface area contributed by atoms with Crippen molar-refractivity contribution in [2.24, 2.45) is 5.92 Å². The second-order valence-corrected chi connectivity index (χ2v) is 5.09. The molecule has 0 saturated carbocycles. The number of imidazole rings is 1. The Labute approximate surface area is 98.5 Å². The molecule has 0 atom stereocenters. The number of aromatic nitrogens is 2. The highest BCUT2D eigenvalue weighted by Crippen LogP contribution is 2.15. The van der Waals surface area contributed by atoms with E-state index in [1.807, 2.05) is 6.20 Å². The van der Waals surface area contributed by atoms with Crippen LogP contribution in [0.15, 0.2) is 29.1 Å². The van der Waals surface area contributed by atoms with E-state index in [0.717, 1.165) is 22.6 Å². The van der Waals surface area contributed by atoms with Gasteiger partial charge < -0.3 is 0 Å². The van der Waals surface area contributed by atoms with Gasteiger partial charge in [0.1, 0.15) is 10.3 Å². The van der Waals surface area contributed by atoms with Gasteiger partial charge in [-0.15, -0.1) is 0 Å². The van der Waals surface area contributed by atoms with Crippen molar-refractivity contribution in [3.05, 3.63) is 34.7 Å². The van der Waals surface area contributed by atoms with Gasteiger partial charge >= 0.3 is 0 Å². The Bertz CT molecular complexity index is 460. The first-order valence-corrected chi connectivity index (χ1v) is 6.07. The molecule has 0 aromatic carbocycles. The fraction of sp³-hybridized carbons (Fsp3) is 0.417. The zero-order valence-corrected chi connectivity index (χ0v) is 10.7. The van der Waals surface area contributed by atoms with Crippen LogP contribution in [0.5, 0.6) is 0 Å². The molecule has 2 aromatic rings. The molecule has 0 radical (unpaired) electrons. The third-order valence-electron chi connectivity index (χ3n) is 2.53. The number of fused-ring (bicyclic) bond motifs is 1. The summed E-state index contributed by atoms with van der Waals surface area (Å²) < 4.78 is 3.10. The van der Waals surface area contributed by atoms with Gasteiger partial charge in [0.25, 0.3) is 0 Å². The molecule has 0 fully saturated rings. The fourth-order valence-electron chi connectivity index (χ4n) is 1.60. The van der Waals surface area contributed by atoms with Crippen LogP contribution in [-0.4, -0.2) is 9.38 Å². The molecule has 0 N–H and O–H groups in total. The van der Waals surface area contributed by atoms with Crippen molar-refractivity contribution >= 4 is 21.6 Å². The molecule has 0 unspecified atom stereocenters. The Balaban J connectivity index is 2.25. The van der Waals surface area contributed by atoms with Gasteiger partial charge in [0.2, 0.25) is 0 Å². The maximum atomic E-state index is 4.27. The van der Waals surface area contributed by atoms with E-state index in [1.54, 1.807) is 0 Å². The monoisotopic (exact) mass is 266 g/mol. The molecule has 0 bridgehead atoms. The van der Waals surface area contributed by atoms with Crippen molar-refractivity contribution in [1.82, 2.24) is 9.38 Å². The van der Waals surface area contributed by atoms with Gasteiger partial charge in [0.05, 0.1) is 6.20 Å². The molecule has 2 heterocycles. The first kappa shape index (κ1) is 10.7. The van der Waals surface area contributed by atoms with Crippen LogP contribution >= 0.6 is 15.9 Å². The lowest BCUT2D eigenvalue weighted by atomic mass is 10.0. The molecule has 3 heteroatoms. The van der Waals surface area contributed by atoms with Gasteiger partial charge in [0.15, 0.2) is 0 Å². The van der Waals surface area contributed by atoms with Crippen LogP contribution in [0.3, 0.4) is 0 Å². The van der Waals surface area contributed by atoms with Gasteiger partial charge in [-0.25, -0.2) is 4.98 Å². The molecule has 0 aliphatic rings. The van der Waals surface area contributed by atoms with E-state index in [4.69, 9.17) is 0 Å². The zero-order chi connectivity index (χ0) is 10.8. The van der Waals surface area contributed by atoms with Crippen molar-refractivity contribution in [1.29, 1.82) is 0 Å². The third kappa shape index (κ3) is 2.40. The first-order valence-electron chi connectivity index (χ1n) is 5.28. The van der Waals surface area contributed by atoms with Crippen molar-refractivity contribution in [2.75, 3.05) is 0 Å². The first-order chi connectivity index (χ1) is 7.16. The summed E-state index contributed by atoms with van der Waals surface area (Å²) in [5.41, 5.74) is 2.37. The van der Waals surface area contributed by atoms with Crippen LogP contribution in [-0.2, 0) is 6.42 Å². The lowest BCUT2D eigenvalue weighted by Gasteiger charge is -2.05. The Morgan fingerprint density at radius 1 is 1.40 bits per heavy atom. The summed E-state index contributed by atoms with van der Waals surface area (Å²) in [5.74, 6) is 0.756. The van der Waals surface area contributed by atoms with Crippen molar-refractivity contribution in [3.8, 4) is 0 Å². The van der Waals surface area contributed by atoms with E-state index in [-0.39, 0.29) is 0 Å². The van der Waals surface area contributed by atoms with Gasteiger partial charge in [-0.1, -0.05) is 19.9 Å². The second-order valence-electron chi connectivity index (χ2n) is 4.28. The summed E-state index contributed by atoms with van der Waals surface area (Å²) >= 11 is 3.48. The van der Waals surface area contributed by atoms with Crippen LogP contribution in [0.2, 0.25) is 0 Å². The van der Waals surface area contributed by atoms with Crippen molar-refractivity contribution < 1.29 is 0 Å². The predicted octanol–water partition coefficient (Wildman–Crippen LogP) is 3.69. The van der Waals surface area contributed by atoms with E-state index < -0.39 is 0 Å². The lowest BCUT2D eigenvalue weighted by Crippen LogP contribution is -1.94. The van der Waals surface area contributed by atoms with E-state index in [2.05, 4.69) is 57.5 Å². The van der Waals surface area contributed by atoms with E-state index in [9.17, 15) is 0 Å². The van der Waals surface area contributed by atoms with Gasteiger partial charge in [-0.2, -0.15) is 0 Å². The molecule has 0 spiro atoms. The molecule has 80 valence electrons. The standard InChI is InChI=1S/C12H15BrN2/c1-9(2)3-4-10-5-6-12-14-7-11(13)15(12)8-10/h5-9H,3-4H2,1-2H3. The summed E-state index contributed by atoms with van der Waals surface area (Å²) in [7, 11) is 0. The third-order valence-corrected chi connectivity index (χ3v) is 3.12. The molecule has 2 aromatic heterocycles. The smallest absolute Gasteiger partial charge is 0.137 e. The van der Waals surface area contributed by atoms with Gasteiger partial charge in [-0.3, -0.25) is 4.40 Å². The van der Waals surface area contributed by atoms with Crippen molar-refractivity contribution in [2.45, 2.75) is 26.7 Å². The van der Waals surface area contributed by atoms with Crippen LogP contribution < -0.4 is 0 Å². The van der Waals surface area contributed by atoms with E-state index in [1.165, 1.54) is 12.0 Å². The average molecular weight is 267 g/mol. The van der Waals surface area contributed by atoms with Crippen molar-refractivity contribution in [3.63, 3.8) is 0 Å². The van der Waals surface area contributed by atoms with Crippen LogP contribution in [0.25, 0.3) is 5.65 Å². The fourth-order valence-corrected chi connectivity index (χ4v) is 1.98. The summed E-state index contributed by atoms with van der Waals surface area (Å²) in [5, 5.41) is 0. The number of aryl methyl sites for hydroxylation is 1. The Hall–Kier alpha value is -0.830. The Kier molecular flexibility index (Phi) is 3.10. The minimum Gasteiger partial charge on any atom is -0.294 e. The topological polar surface area (TPSA) is 17.3 Å². The number of hydrogen-bond donors (Lipinski definition) is 0. The maximum absolute atomic E-state index is 4.27. The lowest BCUT2D eigenvalue weighted by molar-refractivity contribution is 0.586. The Morgan fingerprint density at radius 2 is 2.20 bits per heavy atom. The molecular formula is C12H15BrN2. The largest absolute Gasteiger partial charge is 0.294 e. The molecule has 2 rings (SSSR count). The second kappa shape index (κ2) is 4.35. The number of pyridine rings is 1. The molecule has 0 aliphatic heterocycles.